The second-order valence-electron chi connectivity index (χ2n) is 6.77. The third-order valence-electron chi connectivity index (χ3n) is 4.64. The Balaban J connectivity index is 1.66. The van der Waals surface area contributed by atoms with Crippen LogP contribution in [0.15, 0.2) is 58.5 Å². The number of aromatic nitrogens is 2. The van der Waals surface area contributed by atoms with Gasteiger partial charge in [-0.15, -0.1) is 0 Å². The fraction of sp³-hybridized carbons (Fsp3) is 0.190. The van der Waals surface area contributed by atoms with E-state index in [0.717, 1.165) is 11.1 Å². The largest absolute Gasteiger partial charge is 0.310 e. The average Bonchev–Trinajstić information content (AvgIpc) is 2.65. The van der Waals surface area contributed by atoms with Crippen molar-refractivity contribution in [2.24, 2.45) is 0 Å². The fourth-order valence-corrected chi connectivity index (χ4v) is 4.38. The van der Waals surface area contributed by atoms with Crippen molar-refractivity contribution in [2.75, 3.05) is 5.32 Å². The first-order valence-electron chi connectivity index (χ1n) is 8.87. The van der Waals surface area contributed by atoms with E-state index in [1.54, 1.807) is 12.1 Å². The van der Waals surface area contributed by atoms with Crippen molar-refractivity contribution in [2.45, 2.75) is 30.2 Å². The Hall–Kier alpha value is -2.57. The Labute approximate surface area is 171 Å². The van der Waals surface area contributed by atoms with E-state index in [1.807, 2.05) is 37.3 Å². The summed E-state index contributed by atoms with van der Waals surface area (Å²) in [5, 5.41) is 3.80. The van der Waals surface area contributed by atoms with E-state index in [0.29, 0.717) is 27.3 Å². The summed E-state index contributed by atoms with van der Waals surface area (Å²) in [6, 6.07) is 15.4. The number of amides is 1. The normalized spacial score (nSPS) is 15.8. The zero-order chi connectivity index (χ0) is 19.7. The third-order valence-corrected chi connectivity index (χ3v) is 5.82. The SMILES string of the molecule is Cc1cccc(CSc2nc3c(c(=O)[nH]2)C(c2cccc(Cl)c2)CC(=O)N3)c1. The number of aryl methyl sites for hydroxylation is 1. The number of carbonyl (C=O) groups is 1. The summed E-state index contributed by atoms with van der Waals surface area (Å²) >= 11 is 7.53. The Bertz CT molecular complexity index is 1110. The van der Waals surface area contributed by atoms with E-state index in [-0.39, 0.29) is 23.8 Å². The molecule has 0 bridgehead atoms. The van der Waals surface area contributed by atoms with E-state index in [2.05, 4.69) is 21.4 Å². The van der Waals surface area contributed by atoms with Crippen molar-refractivity contribution < 1.29 is 4.79 Å². The molecule has 1 amide bonds. The van der Waals surface area contributed by atoms with E-state index >= 15 is 0 Å². The van der Waals surface area contributed by atoms with E-state index in [1.165, 1.54) is 17.3 Å². The van der Waals surface area contributed by atoms with E-state index < -0.39 is 0 Å². The molecule has 0 saturated heterocycles. The number of H-pyrrole nitrogens is 1. The third kappa shape index (κ3) is 3.98. The molecule has 1 aliphatic heterocycles. The molecule has 4 rings (SSSR count). The van der Waals surface area contributed by atoms with Gasteiger partial charge in [-0.2, -0.15) is 0 Å². The molecule has 1 atom stereocenters. The Kier molecular flexibility index (Phi) is 5.24. The summed E-state index contributed by atoms with van der Waals surface area (Å²) in [5.74, 6) is 0.478. The van der Waals surface area contributed by atoms with E-state index in [9.17, 15) is 9.59 Å². The molecule has 0 saturated carbocycles. The summed E-state index contributed by atoms with van der Waals surface area (Å²) in [4.78, 5) is 32.4. The van der Waals surface area contributed by atoms with Gasteiger partial charge in [0.15, 0.2) is 5.16 Å². The minimum atomic E-state index is -0.366. The molecule has 3 aromatic rings. The number of nitrogens with zero attached hydrogens (tertiary/aromatic N) is 1. The van der Waals surface area contributed by atoms with Gasteiger partial charge in [0, 0.05) is 23.1 Å². The maximum absolute atomic E-state index is 12.8. The number of benzene rings is 2. The van der Waals surface area contributed by atoms with Crippen molar-refractivity contribution >= 4 is 35.1 Å². The van der Waals surface area contributed by atoms with Crippen molar-refractivity contribution in [3.05, 3.63) is 86.2 Å². The summed E-state index contributed by atoms with van der Waals surface area (Å²) in [6.07, 6.45) is 0.188. The number of hydrogen-bond donors (Lipinski definition) is 2. The number of carbonyl (C=O) groups excluding carboxylic acids is 1. The van der Waals surface area contributed by atoms with Gasteiger partial charge in [-0.05, 0) is 30.2 Å². The van der Waals surface area contributed by atoms with Crippen LogP contribution < -0.4 is 10.9 Å². The number of anilines is 1. The molecule has 0 radical (unpaired) electrons. The molecule has 2 heterocycles. The zero-order valence-corrected chi connectivity index (χ0v) is 16.7. The first kappa shape index (κ1) is 18.8. The van der Waals surface area contributed by atoms with Gasteiger partial charge in [-0.3, -0.25) is 9.59 Å². The van der Waals surface area contributed by atoms with Gasteiger partial charge in [0.05, 0.1) is 5.56 Å². The second kappa shape index (κ2) is 7.81. The molecule has 28 heavy (non-hydrogen) atoms. The van der Waals surface area contributed by atoms with Crippen molar-refractivity contribution in [1.82, 2.24) is 9.97 Å². The van der Waals surface area contributed by atoms with Gasteiger partial charge in [0.1, 0.15) is 5.82 Å². The van der Waals surface area contributed by atoms with Crippen molar-refractivity contribution in [1.29, 1.82) is 0 Å². The average molecular weight is 412 g/mol. The molecule has 2 N–H and O–H groups in total. The van der Waals surface area contributed by atoms with Crippen LogP contribution in [-0.4, -0.2) is 15.9 Å². The molecule has 2 aromatic carbocycles. The summed E-state index contributed by atoms with van der Waals surface area (Å²) in [6.45, 7) is 2.04. The highest BCUT2D eigenvalue weighted by Gasteiger charge is 2.31. The summed E-state index contributed by atoms with van der Waals surface area (Å²) in [7, 11) is 0. The number of thioether (sulfide) groups is 1. The maximum Gasteiger partial charge on any atom is 0.257 e. The van der Waals surface area contributed by atoms with Crippen molar-refractivity contribution in [3.63, 3.8) is 0 Å². The first-order chi connectivity index (χ1) is 13.5. The lowest BCUT2D eigenvalue weighted by Gasteiger charge is -2.24. The number of rotatable bonds is 4. The lowest BCUT2D eigenvalue weighted by molar-refractivity contribution is -0.116. The van der Waals surface area contributed by atoms with Crippen LogP contribution in [0.3, 0.4) is 0 Å². The van der Waals surface area contributed by atoms with Crippen LogP contribution in [0.2, 0.25) is 5.02 Å². The topological polar surface area (TPSA) is 74.8 Å². The predicted octanol–water partition coefficient (Wildman–Crippen LogP) is 4.50. The van der Waals surface area contributed by atoms with Gasteiger partial charge in [-0.1, -0.05) is 65.3 Å². The highest BCUT2D eigenvalue weighted by atomic mass is 35.5. The number of fused-ring (bicyclic) bond motifs is 1. The molecule has 1 unspecified atom stereocenters. The fourth-order valence-electron chi connectivity index (χ4n) is 3.38. The van der Waals surface area contributed by atoms with Gasteiger partial charge in [-0.25, -0.2) is 4.98 Å². The molecule has 1 aliphatic rings. The highest BCUT2D eigenvalue weighted by molar-refractivity contribution is 7.98. The summed E-state index contributed by atoms with van der Waals surface area (Å²) < 4.78 is 0. The predicted molar refractivity (Wildman–Crippen MR) is 112 cm³/mol. The number of nitrogens with one attached hydrogen (secondary N) is 2. The molecule has 7 heteroatoms. The summed E-state index contributed by atoms with van der Waals surface area (Å²) in [5.41, 5.74) is 3.40. The smallest absolute Gasteiger partial charge is 0.257 e. The molecule has 0 spiro atoms. The maximum atomic E-state index is 12.8. The molecular weight excluding hydrogens is 394 g/mol. The Morgan fingerprint density at radius 2 is 2.00 bits per heavy atom. The zero-order valence-electron chi connectivity index (χ0n) is 15.2. The van der Waals surface area contributed by atoms with Crippen LogP contribution >= 0.6 is 23.4 Å². The van der Waals surface area contributed by atoms with Crippen molar-refractivity contribution in [3.8, 4) is 0 Å². The minimum Gasteiger partial charge on any atom is -0.310 e. The van der Waals surface area contributed by atoms with Crippen LogP contribution in [-0.2, 0) is 10.5 Å². The van der Waals surface area contributed by atoms with Gasteiger partial charge in [0.2, 0.25) is 5.91 Å². The van der Waals surface area contributed by atoms with Crippen LogP contribution in [0.4, 0.5) is 5.82 Å². The number of halogens is 1. The lowest BCUT2D eigenvalue weighted by atomic mass is 9.87. The van der Waals surface area contributed by atoms with E-state index in [4.69, 9.17) is 11.6 Å². The molecule has 0 aliphatic carbocycles. The Morgan fingerprint density at radius 1 is 1.18 bits per heavy atom. The van der Waals surface area contributed by atoms with Crippen LogP contribution in [0.5, 0.6) is 0 Å². The molecule has 0 fully saturated rings. The van der Waals surface area contributed by atoms with Crippen LogP contribution in [0.1, 0.15) is 34.6 Å². The number of hydrogen-bond acceptors (Lipinski definition) is 4. The first-order valence-corrected chi connectivity index (χ1v) is 10.2. The van der Waals surface area contributed by atoms with Gasteiger partial charge < -0.3 is 10.3 Å². The van der Waals surface area contributed by atoms with Gasteiger partial charge in [0.25, 0.3) is 5.56 Å². The van der Waals surface area contributed by atoms with Gasteiger partial charge >= 0.3 is 0 Å². The van der Waals surface area contributed by atoms with Crippen LogP contribution in [0, 0.1) is 6.92 Å². The second-order valence-corrected chi connectivity index (χ2v) is 8.17. The molecular formula is C21H18ClN3O2S. The Morgan fingerprint density at radius 3 is 2.79 bits per heavy atom. The lowest BCUT2D eigenvalue weighted by Crippen LogP contribution is -2.31. The quantitative estimate of drug-likeness (QED) is 0.489. The monoisotopic (exact) mass is 411 g/mol. The highest BCUT2D eigenvalue weighted by Crippen LogP contribution is 2.35. The molecule has 142 valence electrons. The molecule has 5 nitrogen and oxygen atoms in total. The molecule has 1 aromatic heterocycles. The standard InChI is InChI=1S/C21H18ClN3O2S/c1-12-4-2-5-13(8-12)11-28-21-24-19-18(20(27)25-21)16(10-17(26)23-19)14-6-3-7-15(22)9-14/h2-9,16H,10-11H2,1H3,(H2,23,24,25,26,27). The van der Waals surface area contributed by atoms with Crippen LogP contribution in [0.25, 0.3) is 0 Å². The minimum absolute atomic E-state index is 0.162. The number of aromatic amines is 1.